The lowest BCUT2D eigenvalue weighted by Gasteiger charge is -2.03. The van der Waals surface area contributed by atoms with Gasteiger partial charge in [-0.15, -0.1) is 0 Å². The Morgan fingerprint density at radius 1 is 0.926 bits per heavy atom. The predicted molar refractivity (Wildman–Crippen MR) is 110 cm³/mol. The molecule has 4 rings (SSSR count). The number of aromatic nitrogens is 1. The van der Waals surface area contributed by atoms with Crippen LogP contribution in [0.3, 0.4) is 0 Å². The first kappa shape index (κ1) is 17.1. The molecule has 4 nitrogen and oxygen atoms in total. The molecular formula is C22H16ClN3O. The van der Waals surface area contributed by atoms with Crippen molar-refractivity contribution >= 4 is 34.6 Å². The fraction of sp³-hybridized carbons (Fsp3) is 0. The number of carbonyl (C=O) groups is 1. The van der Waals surface area contributed by atoms with Crippen molar-refractivity contribution in [1.82, 2.24) is 10.4 Å². The van der Waals surface area contributed by atoms with Gasteiger partial charge in [-0.3, -0.25) is 4.79 Å². The Hall–Kier alpha value is -3.37. The van der Waals surface area contributed by atoms with Gasteiger partial charge in [0.15, 0.2) is 0 Å². The molecule has 3 aromatic carbocycles. The minimum atomic E-state index is -0.349. The maximum absolute atomic E-state index is 12.3. The molecule has 0 aliphatic rings. The second-order valence-corrected chi connectivity index (χ2v) is 6.41. The largest absolute Gasteiger partial charge is 0.354 e. The van der Waals surface area contributed by atoms with Gasteiger partial charge in [0.05, 0.1) is 22.5 Å². The van der Waals surface area contributed by atoms with Crippen LogP contribution in [0.25, 0.3) is 22.2 Å². The number of carbonyl (C=O) groups excluding carboxylic acids is 1. The Morgan fingerprint density at radius 3 is 2.44 bits per heavy atom. The summed E-state index contributed by atoms with van der Waals surface area (Å²) in [5.74, 6) is -0.349. The topological polar surface area (TPSA) is 57.2 Å². The highest BCUT2D eigenvalue weighted by Gasteiger charge is 2.12. The Morgan fingerprint density at radius 2 is 1.63 bits per heavy atom. The SMILES string of the molecule is O=C(N/N=C/c1c(-c2ccccc2)[nH]c2ccccc12)c1ccccc1Cl. The Kier molecular flexibility index (Phi) is 4.73. The van der Waals surface area contributed by atoms with Gasteiger partial charge in [0.25, 0.3) is 5.91 Å². The second-order valence-electron chi connectivity index (χ2n) is 6.00. The number of H-pyrrole nitrogens is 1. The molecule has 2 N–H and O–H groups in total. The molecule has 27 heavy (non-hydrogen) atoms. The van der Waals surface area contributed by atoms with Crippen molar-refractivity contribution in [3.05, 3.63) is 95.0 Å². The van der Waals surface area contributed by atoms with Gasteiger partial charge in [0.2, 0.25) is 0 Å². The summed E-state index contributed by atoms with van der Waals surface area (Å²) in [6.07, 6.45) is 1.66. The number of para-hydroxylation sites is 1. The van der Waals surface area contributed by atoms with Crippen molar-refractivity contribution in [2.45, 2.75) is 0 Å². The van der Waals surface area contributed by atoms with Crippen molar-refractivity contribution in [3.8, 4) is 11.3 Å². The number of amides is 1. The molecular weight excluding hydrogens is 358 g/mol. The second kappa shape index (κ2) is 7.48. The molecule has 132 valence electrons. The number of hydrazone groups is 1. The third-order valence-corrected chi connectivity index (χ3v) is 4.62. The standard InChI is InChI=1S/C22H16ClN3O/c23-19-12-6-4-11-17(19)22(27)26-24-14-18-16-10-5-7-13-20(16)25-21(18)15-8-2-1-3-9-15/h1-14,25H,(H,26,27)/b24-14+. The van der Waals surface area contributed by atoms with Gasteiger partial charge < -0.3 is 4.98 Å². The van der Waals surface area contributed by atoms with Crippen LogP contribution in [0.1, 0.15) is 15.9 Å². The molecule has 0 aliphatic heterocycles. The van der Waals surface area contributed by atoms with Gasteiger partial charge in [-0.2, -0.15) is 5.10 Å². The maximum atomic E-state index is 12.3. The summed E-state index contributed by atoms with van der Waals surface area (Å²) in [6, 6.07) is 24.9. The van der Waals surface area contributed by atoms with Gasteiger partial charge in [-0.25, -0.2) is 5.43 Å². The quantitative estimate of drug-likeness (QED) is 0.372. The first-order chi connectivity index (χ1) is 13.2. The molecule has 1 heterocycles. The van der Waals surface area contributed by atoms with E-state index in [9.17, 15) is 4.79 Å². The van der Waals surface area contributed by atoms with Crippen LogP contribution in [-0.2, 0) is 0 Å². The number of hydrogen-bond acceptors (Lipinski definition) is 2. The van der Waals surface area contributed by atoms with E-state index in [0.29, 0.717) is 10.6 Å². The van der Waals surface area contributed by atoms with E-state index in [2.05, 4.69) is 15.5 Å². The molecule has 0 saturated heterocycles. The van der Waals surface area contributed by atoms with E-state index in [4.69, 9.17) is 11.6 Å². The minimum Gasteiger partial charge on any atom is -0.354 e. The number of rotatable bonds is 4. The average molecular weight is 374 g/mol. The van der Waals surface area contributed by atoms with Gasteiger partial charge >= 0.3 is 0 Å². The molecule has 1 amide bonds. The zero-order chi connectivity index (χ0) is 18.6. The number of fused-ring (bicyclic) bond motifs is 1. The Labute approximate surface area is 161 Å². The van der Waals surface area contributed by atoms with Crippen LogP contribution >= 0.6 is 11.6 Å². The molecule has 0 saturated carbocycles. The molecule has 0 unspecified atom stereocenters. The Bertz CT molecular complexity index is 1130. The van der Waals surface area contributed by atoms with E-state index in [1.807, 2.05) is 54.6 Å². The van der Waals surface area contributed by atoms with Crippen LogP contribution in [0.15, 0.2) is 84.0 Å². The van der Waals surface area contributed by atoms with Crippen molar-refractivity contribution in [3.63, 3.8) is 0 Å². The van der Waals surface area contributed by atoms with Gasteiger partial charge in [-0.1, -0.05) is 72.3 Å². The number of halogens is 1. The number of hydrogen-bond donors (Lipinski definition) is 2. The molecule has 4 aromatic rings. The lowest BCUT2D eigenvalue weighted by atomic mass is 10.1. The lowest BCUT2D eigenvalue weighted by molar-refractivity contribution is 0.0955. The number of benzene rings is 3. The number of aromatic amines is 1. The van der Waals surface area contributed by atoms with Crippen LogP contribution in [-0.4, -0.2) is 17.1 Å². The summed E-state index contributed by atoms with van der Waals surface area (Å²) in [5, 5.41) is 5.59. The van der Waals surface area contributed by atoms with Crippen molar-refractivity contribution in [2.24, 2.45) is 5.10 Å². The first-order valence-corrected chi connectivity index (χ1v) is 8.86. The highest BCUT2D eigenvalue weighted by Crippen LogP contribution is 2.28. The van der Waals surface area contributed by atoms with Crippen LogP contribution in [0.4, 0.5) is 0 Å². The predicted octanol–water partition coefficient (Wildman–Crippen LogP) is 5.25. The van der Waals surface area contributed by atoms with Crippen LogP contribution < -0.4 is 5.43 Å². The zero-order valence-corrected chi connectivity index (χ0v) is 15.1. The summed E-state index contributed by atoms with van der Waals surface area (Å²) >= 11 is 6.06. The fourth-order valence-corrected chi connectivity index (χ4v) is 3.21. The highest BCUT2D eigenvalue weighted by molar-refractivity contribution is 6.33. The third kappa shape index (κ3) is 3.48. The van der Waals surface area contributed by atoms with Gasteiger partial charge in [-0.05, 0) is 23.8 Å². The maximum Gasteiger partial charge on any atom is 0.272 e. The van der Waals surface area contributed by atoms with E-state index in [1.165, 1.54) is 0 Å². The summed E-state index contributed by atoms with van der Waals surface area (Å²) < 4.78 is 0. The molecule has 0 atom stereocenters. The van der Waals surface area contributed by atoms with Crippen molar-refractivity contribution in [1.29, 1.82) is 0 Å². The van der Waals surface area contributed by atoms with E-state index >= 15 is 0 Å². The summed E-state index contributed by atoms with van der Waals surface area (Å²) in [4.78, 5) is 15.7. The van der Waals surface area contributed by atoms with Crippen molar-refractivity contribution in [2.75, 3.05) is 0 Å². The zero-order valence-electron chi connectivity index (χ0n) is 14.3. The van der Waals surface area contributed by atoms with Crippen molar-refractivity contribution < 1.29 is 4.79 Å². The smallest absolute Gasteiger partial charge is 0.272 e. The first-order valence-electron chi connectivity index (χ1n) is 8.48. The molecule has 0 aliphatic carbocycles. The van der Waals surface area contributed by atoms with Gasteiger partial charge in [0, 0.05) is 16.5 Å². The summed E-state index contributed by atoms with van der Waals surface area (Å²) in [6.45, 7) is 0. The van der Waals surface area contributed by atoms with E-state index < -0.39 is 0 Å². The third-order valence-electron chi connectivity index (χ3n) is 4.29. The molecule has 0 radical (unpaired) electrons. The summed E-state index contributed by atoms with van der Waals surface area (Å²) in [7, 11) is 0. The number of nitrogens with zero attached hydrogens (tertiary/aromatic N) is 1. The molecule has 5 heteroatoms. The van der Waals surface area contributed by atoms with Crippen LogP contribution in [0.2, 0.25) is 5.02 Å². The molecule has 1 aromatic heterocycles. The molecule has 0 fully saturated rings. The van der Waals surface area contributed by atoms with E-state index in [1.54, 1.807) is 30.5 Å². The normalized spacial score (nSPS) is 11.1. The minimum absolute atomic E-state index is 0.349. The van der Waals surface area contributed by atoms with Crippen LogP contribution in [0, 0.1) is 0 Å². The van der Waals surface area contributed by atoms with E-state index in [-0.39, 0.29) is 5.91 Å². The lowest BCUT2D eigenvalue weighted by Crippen LogP contribution is -2.17. The Balaban J connectivity index is 1.68. The molecule has 0 spiro atoms. The highest BCUT2D eigenvalue weighted by atomic mass is 35.5. The van der Waals surface area contributed by atoms with Crippen LogP contribution in [0.5, 0.6) is 0 Å². The number of nitrogens with one attached hydrogen (secondary N) is 2. The fourth-order valence-electron chi connectivity index (χ4n) is 2.99. The average Bonchev–Trinajstić information content (AvgIpc) is 3.08. The van der Waals surface area contributed by atoms with E-state index in [0.717, 1.165) is 27.7 Å². The summed E-state index contributed by atoms with van der Waals surface area (Å²) in [5.41, 5.74) is 6.86. The monoisotopic (exact) mass is 373 g/mol. The van der Waals surface area contributed by atoms with Gasteiger partial charge in [0.1, 0.15) is 0 Å². The molecule has 0 bridgehead atoms.